The van der Waals surface area contributed by atoms with Crippen molar-refractivity contribution in [3.8, 4) is 0 Å². The number of furan rings is 1. The van der Waals surface area contributed by atoms with E-state index < -0.39 is 0 Å². The normalized spacial score (nSPS) is 11.6. The van der Waals surface area contributed by atoms with Crippen molar-refractivity contribution in [1.29, 1.82) is 0 Å². The van der Waals surface area contributed by atoms with E-state index in [2.05, 4.69) is 5.32 Å². The maximum absolute atomic E-state index is 12.7. The highest BCUT2D eigenvalue weighted by Gasteiger charge is 2.24. The molecule has 1 N–H and O–H groups in total. The average molecular weight is 330 g/mol. The number of hydrogen-bond acceptors (Lipinski definition) is 3. The lowest BCUT2D eigenvalue weighted by atomic mass is 10.0. The number of benzene rings is 1. The molecule has 1 heterocycles. The van der Waals surface area contributed by atoms with E-state index in [-0.39, 0.29) is 23.9 Å². The molecule has 0 atom stereocenters. The Morgan fingerprint density at radius 2 is 1.71 bits per heavy atom. The summed E-state index contributed by atoms with van der Waals surface area (Å²) in [7, 11) is 1.61. The van der Waals surface area contributed by atoms with Crippen LogP contribution in [0.5, 0.6) is 0 Å². The van der Waals surface area contributed by atoms with Crippen molar-refractivity contribution in [3.05, 3.63) is 34.6 Å². The van der Waals surface area contributed by atoms with Gasteiger partial charge in [-0.3, -0.25) is 9.59 Å². The lowest BCUT2D eigenvalue weighted by Crippen LogP contribution is -2.46. The molecule has 0 saturated heterocycles. The van der Waals surface area contributed by atoms with Gasteiger partial charge in [0, 0.05) is 23.5 Å². The molecule has 0 aliphatic carbocycles. The summed E-state index contributed by atoms with van der Waals surface area (Å²) in [4.78, 5) is 26.1. The summed E-state index contributed by atoms with van der Waals surface area (Å²) in [6, 6.07) is 4.00. The number of nitrogens with zero attached hydrogens (tertiary/aromatic N) is 1. The third kappa shape index (κ3) is 3.61. The molecule has 0 radical (unpaired) electrons. The zero-order valence-corrected chi connectivity index (χ0v) is 15.5. The number of carbonyl (C=O) groups is 2. The molecule has 0 aliphatic rings. The molecule has 130 valence electrons. The molecule has 0 fully saturated rings. The van der Waals surface area contributed by atoms with E-state index in [0.717, 1.165) is 27.7 Å². The van der Waals surface area contributed by atoms with E-state index in [1.54, 1.807) is 7.05 Å². The fourth-order valence-corrected chi connectivity index (χ4v) is 2.80. The summed E-state index contributed by atoms with van der Waals surface area (Å²) in [5.74, 6) is -0.181. The highest BCUT2D eigenvalue weighted by Crippen LogP contribution is 2.31. The second-order valence-electron chi connectivity index (χ2n) is 7.42. The Kier molecular flexibility index (Phi) is 4.74. The van der Waals surface area contributed by atoms with Crippen LogP contribution in [0.1, 0.15) is 48.0 Å². The molecule has 0 aliphatic heterocycles. The maximum Gasteiger partial charge on any atom is 0.290 e. The number of fused-ring (bicyclic) bond motifs is 1. The van der Waals surface area contributed by atoms with Crippen molar-refractivity contribution in [2.24, 2.45) is 0 Å². The molecule has 0 saturated carbocycles. The summed E-state index contributed by atoms with van der Waals surface area (Å²) < 4.78 is 5.85. The number of amides is 2. The standard InChI is InChI=1S/C19H26N2O3/c1-11-8-9-12(2)16-15(11)13(3)17(24-16)18(23)21(7)10-14(22)20-19(4,5)6/h8-9H,10H2,1-7H3,(H,20,22). The number of hydrogen-bond donors (Lipinski definition) is 1. The van der Waals surface area contributed by atoms with Crippen LogP contribution in [0.15, 0.2) is 16.5 Å². The van der Waals surface area contributed by atoms with Crippen molar-refractivity contribution >= 4 is 22.8 Å². The second-order valence-corrected chi connectivity index (χ2v) is 7.42. The predicted octanol–water partition coefficient (Wildman–Crippen LogP) is 3.34. The minimum absolute atomic E-state index is 0.00937. The Bertz CT molecular complexity index is 797. The van der Waals surface area contributed by atoms with Crippen LogP contribution < -0.4 is 5.32 Å². The smallest absolute Gasteiger partial charge is 0.290 e. The summed E-state index contributed by atoms with van der Waals surface area (Å²) in [5, 5.41) is 3.83. The largest absolute Gasteiger partial charge is 0.450 e. The fourth-order valence-electron chi connectivity index (χ4n) is 2.80. The van der Waals surface area contributed by atoms with Gasteiger partial charge in [0.25, 0.3) is 5.91 Å². The third-order valence-electron chi connectivity index (χ3n) is 3.92. The topological polar surface area (TPSA) is 62.6 Å². The highest BCUT2D eigenvalue weighted by atomic mass is 16.3. The minimum atomic E-state index is -0.329. The molecule has 5 heteroatoms. The van der Waals surface area contributed by atoms with E-state index in [4.69, 9.17) is 4.42 Å². The summed E-state index contributed by atoms with van der Waals surface area (Å²) >= 11 is 0. The Balaban J connectivity index is 2.28. The first-order valence-corrected chi connectivity index (χ1v) is 8.07. The number of aryl methyl sites for hydroxylation is 3. The first kappa shape index (κ1) is 18.0. The second kappa shape index (κ2) is 6.30. The summed E-state index contributed by atoms with van der Waals surface area (Å²) in [6.45, 7) is 11.5. The molecule has 5 nitrogen and oxygen atoms in total. The molecule has 2 amide bonds. The van der Waals surface area contributed by atoms with Gasteiger partial charge in [-0.15, -0.1) is 0 Å². The van der Waals surface area contributed by atoms with Gasteiger partial charge >= 0.3 is 0 Å². The monoisotopic (exact) mass is 330 g/mol. The zero-order valence-electron chi connectivity index (χ0n) is 15.5. The molecule has 0 bridgehead atoms. The van der Waals surface area contributed by atoms with Gasteiger partial charge in [0.15, 0.2) is 5.76 Å². The van der Waals surface area contributed by atoms with Gasteiger partial charge in [-0.25, -0.2) is 0 Å². The molecule has 0 spiro atoms. The summed E-state index contributed by atoms with van der Waals surface area (Å²) in [6.07, 6.45) is 0. The van der Waals surface area contributed by atoms with Gasteiger partial charge in [-0.2, -0.15) is 0 Å². The van der Waals surface area contributed by atoms with Gasteiger partial charge in [0.05, 0.1) is 6.54 Å². The Hall–Kier alpha value is -2.30. The van der Waals surface area contributed by atoms with Gasteiger partial charge in [0.1, 0.15) is 5.58 Å². The summed E-state index contributed by atoms with van der Waals surface area (Å²) in [5.41, 5.74) is 3.29. The van der Waals surface area contributed by atoms with E-state index >= 15 is 0 Å². The zero-order chi connectivity index (χ0) is 18.2. The van der Waals surface area contributed by atoms with Gasteiger partial charge in [-0.1, -0.05) is 12.1 Å². The SMILES string of the molecule is Cc1ccc(C)c2c(C)c(C(=O)N(C)CC(=O)NC(C)(C)C)oc12. The first-order valence-electron chi connectivity index (χ1n) is 8.07. The Morgan fingerprint density at radius 1 is 1.12 bits per heavy atom. The number of nitrogens with one attached hydrogen (secondary N) is 1. The molecule has 24 heavy (non-hydrogen) atoms. The molecule has 1 aromatic heterocycles. The van der Waals surface area contributed by atoms with Gasteiger partial charge in [-0.05, 0) is 52.7 Å². The molecular weight excluding hydrogens is 304 g/mol. The van der Waals surface area contributed by atoms with Crippen LogP contribution in [0.4, 0.5) is 0 Å². The van der Waals surface area contributed by atoms with E-state index in [1.807, 2.05) is 53.7 Å². The van der Waals surface area contributed by atoms with Crippen molar-refractivity contribution in [2.45, 2.75) is 47.1 Å². The quantitative estimate of drug-likeness (QED) is 0.939. The van der Waals surface area contributed by atoms with Crippen molar-refractivity contribution < 1.29 is 14.0 Å². The van der Waals surface area contributed by atoms with Crippen LogP contribution in [0.2, 0.25) is 0 Å². The van der Waals surface area contributed by atoms with Crippen molar-refractivity contribution in [2.75, 3.05) is 13.6 Å². The van der Waals surface area contributed by atoms with E-state index in [1.165, 1.54) is 4.90 Å². The van der Waals surface area contributed by atoms with Crippen LogP contribution in [0.25, 0.3) is 11.0 Å². The fraction of sp³-hybridized carbons (Fsp3) is 0.474. The number of carbonyl (C=O) groups excluding carboxylic acids is 2. The minimum Gasteiger partial charge on any atom is -0.450 e. The van der Waals surface area contributed by atoms with Gasteiger partial charge in [0.2, 0.25) is 5.91 Å². The Labute approximate surface area is 143 Å². The Morgan fingerprint density at radius 3 is 2.25 bits per heavy atom. The van der Waals surface area contributed by atoms with Crippen LogP contribution in [0, 0.1) is 20.8 Å². The molecule has 1 aromatic carbocycles. The van der Waals surface area contributed by atoms with E-state index in [0.29, 0.717) is 5.76 Å². The third-order valence-corrected chi connectivity index (χ3v) is 3.92. The molecular formula is C19H26N2O3. The van der Waals surface area contributed by atoms with Crippen LogP contribution in [-0.2, 0) is 4.79 Å². The lowest BCUT2D eigenvalue weighted by molar-refractivity contribution is -0.122. The lowest BCUT2D eigenvalue weighted by Gasteiger charge is -2.23. The highest BCUT2D eigenvalue weighted by molar-refractivity contribution is 6.01. The van der Waals surface area contributed by atoms with Crippen molar-refractivity contribution in [3.63, 3.8) is 0 Å². The predicted molar refractivity (Wildman–Crippen MR) is 95.3 cm³/mol. The molecule has 2 rings (SSSR count). The van der Waals surface area contributed by atoms with Gasteiger partial charge < -0.3 is 14.6 Å². The first-order chi connectivity index (χ1) is 11.0. The van der Waals surface area contributed by atoms with E-state index in [9.17, 15) is 9.59 Å². The van der Waals surface area contributed by atoms with Crippen LogP contribution >= 0.6 is 0 Å². The number of likely N-dealkylation sites (N-methyl/N-ethyl adjacent to an activating group) is 1. The maximum atomic E-state index is 12.7. The molecule has 0 unspecified atom stereocenters. The van der Waals surface area contributed by atoms with Crippen LogP contribution in [-0.4, -0.2) is 35.8 Å². The van der Waals surface area contributed by atoms with Crippen LogP contribution in [0.3, 0.4) is 0 Å². The average Bonchev–Trinajstić information content (AvgIpc) is 2.79. The van der Waals surface area contributed by atoms with Crippen molar-refractivity contribution in [1.82, 2.24) is 10.2 Å². The number of rotatable bonds is 3. The molecule has 2 aromatic rings.